The molecule has 0 spiro atoms. The Hall–Kier alpha value is -0.0400. The van der Waals surface area contributed by atoms with E-state index < -0.39 is 0 Å². The zero-order valence-electron chi connectivity index (χ0n) is 5.31. The van der Waals surface area contributed by atoms with E-state index in [9.17, 15) is 0 Å². The molecule has 1 aliphatic carbocycles. The highest BCUT2D eigenvalue weighted by molar-refractivity contribution is 4.95. The highest BCUT2D eigenvalue weighted by atomic mass is 16.5. The van der Waals surface area contributed by atoms with Gasteiger partial charge in [0.15, 0.2) is 0 Å². The van der Waals surface area contributed by atoms with Crippen LogP contribution in [0.1, 0.15) is 26.2 Å². The molecule has 46 valence electrons. The predicted molar refractivity (Wildman–Crippen MR) is 31.7 cm³/mol. The van der Waals surface area contributed by atoms with Crippen LogP contribution < -0.4 is 0 Å². The van der Waals surface area contributed by atoms with Gasteiger partial charge in [0, 0.05) is 6.61 Å². The zero-order valence-corrected chi connectivity index (χ0v) is 5.31. The fourth-order valence-electron chi connectivity index (χ4n) is 1.96. The first-order valence-electron chi connectivity index (χ1n) is 3.42. The predicted octanol–water partition coefficient (Wildman–Crippen LogP) is 1.58. The van der Waals surface area contributed by atoms with Crippen molar-refractivity contribution in [1.82, 2.24) is 0 Å². The smallest absolute Gasteiger partial charge is 0.0659 e. The molecule has 3 rings (SSSR count). The summed E-state index contributed by atoms with van der Waals surface area (Å²) in [6, 6.07) is 0. The molecule has 2 heterocycles. The summed E-state index contributed by atoms with van der Waals surface area (Å²) in [5.41, 5.74) is 0.322. The molecule has 1 saturated carbocycles. The van der Waals surface area contributed by atoms with Crippen molar-refractivity contribution in [2.75, 3.05) is 6.61 Å². The number of fused-ring (bicyclic) bond motifs is 2. The number of hydrogen-bond donors (Lipinski definition) is 0. The Morgan fingerprint density at radius 2 is 2.25 bits per heavy atom. The van der Waals surface area contributed by atoms with Crippen LogP contribution >= 0.6 is 0 Å². The topological polar surface area (TPSA) is 9.23 Å². The molecular weight excluding hydrogens is 100 g/mol. The molecule has 0 unspecified atom stereocenters. The van der Waals surface area contributed by atoms with E-state index in [1.165, 1.54) is 19.3 Å². The van der Waals surface area contributed by atoms with E-state index in [1.807, 2.05) is 0 Å². The number of rotatable bonds is 0. The van der Waals surface area contributed by atoms with Crippen LogP contribution in [-0.2, 0) is 4.74 Å². The van der Waals surface area contributed by atoms with Gasteiger partial charge in [-0.3, -0.25) is 0 Å². The molecule has 2 bridgehead atoms. The van der Waals surface area contributed by atoms with E-state index in [1.54, 1.807) is 0 Å². The van der Waals surface area contributed by atoms with Crippen molar-refractivity contribution >= 4 is 0 Å². The Balaban J connectivity index is 2.06. The molecule has 0 aromatic carbocycles. The van der Waals surface area contributed by atoms with Crippen molar-refractivity contribution in [2.45, 2.75) is 31.8 Å². The summed E-state index contributed by atoms with van der Waals surface area (Å²) < 4.78 is 5.53. The Bertz CT molecular complexity index is 97.4. The van der Waals surface area contributed by atoms with Crippen molar-refractivity contribution < 1.29 is 4.74 Å². The van der Waals surface area contributed by atoms with E-state index in [0.29, 0.717) is 5.60 Å². The second-order valence-electron chi connectivity index (χ2n) is 3.36. The minimum atomic E-state index is 0.322. The standard InChI is InChI=1S/C7H12O/c1-7-4-6(5-7)2-3-8-7/h6H,2-5H2,1H3. The summed E-state index contributed by atoms with van der Waals surface area (Å²) in [4.78, 5) is 0. The minimum Gasteiger partial charge on any atom is -0.375 e. The molecule has 0 amide bonds. The van der Waals surface area contributed by atoms with Crippen molar-refractivity contribution in [2.24, 2.45) is 5.92 Å². The Labute approximate surface area is 50.0 Å². The number of ether oxygens (including phenoxy) is 1. The van der Waals surface area contributed by atoms with Crippen LogP contribution in [-0.4, -0.2) is 12.2 Å². The average Bonchev–Trinajstić information content (AvgIpc) is 1.63. The summed E-state index contributed by atoms with van der Waals surface area (Å²) in [7, 11) is 0. The first-order valence-corrected chi connectivity index (χ1v) is 3.42. The van der Waals surface area contributed by atoms with Crippen LogP contribution in [0.15, 0.2) is 0 Å². The third-order valence-corrected chi connectivity index (χ3v) is 2.42. The highest BCUT2D eigenvalue weighted by Crippen LogP contribution is 2.46. The van der Waals surface area contributed by atoms with E-state index in [4.69, 9.17) is 4.74 Å². The molecule has 8 heavy (non-hydrogen) atoms. The molecule has 2 saturated heterocycles. The van der Waals surface area contributed by atoms with Crippen LogP contribution in [0, 0.1) is 5.92 Å². The summed E-state index contributed by atoms with van der Waals surface area (Å²) in [6.07, 6.45) is 3.97. The van der Waals surface area contributed by atoms with Gasteiger partial charge in [-0.05, 0) is 32.1 Å². The van der Waals surface area contributed by atoms with Gasteiger partial charge in [-0.2, -0.15) is 0 Å². The van der Waals surface area contributed by atoms with Crippen LogP contribution in [0.4, 0.5) is 0 Å². The van der Waals surface area contributed by atoms with Crippen LogP contribution in [0.25, 0.3) is 0 Å². The lowest BCUT2D eigenvalue weighted by Gasteiger charge is -2.49. The molecule has 0 radical (unpaired) electrons. The van der Waals surface area contributed by atoms with Gasteiger partial charge in [-0.15, -0.1) is 0 Å². The normalized spacial score (nSPS) is 52.9. The highest BCUT2D eigenvalue weighted by Gasteiger charge is 2.44. The molecule has 2 aliphatic heterocycles. The number of hydrogen-bond acceptors (Lipinski definition) is 1. The molecule has 1 heteroatoms. The minimum absolute atomic E-state index is 0.322. The molecule has 0 aromatic rings. The van der Waals surface area contributed by atoms with Gasteiger partial charge < -0.3 is 4.74 Å². The van der Waals surface area contributed by atoms with Crippen molar-refractivity contribution in [1.29, 1.82) is 0 Å². The quantitative estimate of drug-likeness (QED) is 0.462. The molecular formula is C7H12O. The van der Waals surface area contributed by atoms with Crippen molar-refractivity contribution in [3.8, 4) is 0 Å². The first kappa shape index (κ1) is 4.80. The summed E-state index contributed by atoms with van der Waals surface area (Å²) in [5.74, 6) is 1.02. The third-order valence-electron chi connectivity index (χ3n) is 2.42. The van der Waals surface area contributed by atoms with E-state index >= 15 is 0 Å². The molecule has 0 aromatic heterocycles. The SMILES string of the molecule is CC12CC(CCO1)C2. The van der Waals surface area contributed by atoms with Crippen LogP contribution in [0.3, 0.4) is 0 Å². The van der Waals surface area contributed by atoms with Gasteiger partial charge in [-0.1, -0.05) is 0 Å². The summed E-state index contributed by atoms with van der Waals surface area (Å²) in [6.45, 7) is 3.24. The van der Waals surface area contributed by atoms with Gasteiger partial charge in [0.1, 0.15) is 0 Å². The van der Waals surface area contributed by atoms with Crippen molar-refractivity contribution in [3.63, 3.8) is 0 Å². The molecule has 1 nitrogen and oxygen atoms in total. The third kappa shape index (κ3) is 0.510. The van der Waals surface area contributed by atoms with Crippen LogP contribution in [0.2, 0.25) is 0 Å². The fraction of sp³-hybridized carbons (Fsp3) is 1.00. The molecule has 0 atom stereocenters. The van der Waals surface area contributed by atoms with E-state index in [2.05, 4.69) is 6.92 Å². The summed E-state index contributed by atoms with van der Waals surface area (Å²) in [5, 5.41) is 0. The Kier molecular flexibility index (Phi) is 0.762. The Morgan fingerprint density at radius 1 is 1.50 bits per heavy atom. The second-order valence-corrected chi connectivity index (χ2v) is 3.36. The maximum Gasteiger partial charge on any atom is 0.0659 e. The lowest BCUT2D eigenvalue weighted by atomic mass is 9.69. The van der Waals surface area contributed by atoms with Crippen LogP contribution in [0.5, 0.6) is 0 Å². The lowest BCUT2D eigenvalue weighted by molar-refractivity contribution is -0.165. The van der Waals surface area contributed by atoms with Gasteiger partial charge in [0.2, 0.25) is 0 Å². The molecule has 3 aliphatic rings. The van der Waals surface area contributed by atoms with Gasteiger partial charge in [-0.25, -0.2) is 0 Å². The maximum atomic E-state index is 5.53. The molecule has 3 fully saturated rings. The zero-order chi connectivity index (χ0) is 5.61. The van der Waals surface area contributed by atoms with E-state index in [0.717, 1.165) is 12.5 Å². The summed E-state index contributed by atoms with van der Waals surface area (Å²) >= 11 is 0. The monoisotopic (exact) mass is 112 g/mol. The fourth-order valence-corrected chi connectivity index (χ4v) is 1.96. The van der Waals surface area contributed by atoms with Gasteiger partial charge in [0.25, 0.3) is 0 Å². The second kappa shape index (κ2) is 1.27. The van der Waals surface area contributed by atoms with Crippen molar-refractivity contribution in [3.05, 3.63) is 0 Å². The largest absolute Gasteiger partial charge is 0.375 e. The van der Waals surface area contributed by atoms with Gasteiger partial charge in [0.05, 0.1) is 5.60 Å². The molecule has 0 N–H and O–H groups in total. The lowest BCUT2D eigenvalue weighted by Crippen LogP contribution is -2.48. The first-order chi connectivity index (χ1) is 3.79. The van der Waals surface area contributed by atoms with E-state index in [-0.39, 0.29) is 0 Å². The maximum absolute atomic E-state index is 5.53. The Morgan fingerprint density at radius 3 is 2.50 bits per heavy atom. The average molecular weight is 112 g/mol. The van der Waals surface area contributed by atoms with Gasteiger partial charge >= 0.3 is 0 Å².